The average Bonchev–Trinajstić information content (AvgIpc) is 2.08. The summed E-state index contributed by atoms with van der Waals surface area (Å²) in [5.41, 5.74) is -1.81. The normalized spacial score (nSPS) is 29.5. The Morgan fingerprint density at radius 3 is 2.27 bits per heavy atom. The lowest BCUT2D eigenvalue weighted by atomic mass is 10.0. The standard InChI is InChI=1S/C5H6N2O4/c1-5(3(9)10)2(8)6-4(11)7-5/h1H3,(H,9,10)(H2,6,7,8,11). The zero-order valence-corrected chi connectivity index (χ0v) is 5.67. The number of hydrogen-bond acceptors (Lipinski definition) is 3. The lowest BCUT2D eigenvalue weighted by Gasteiger charge is -2.12. The second kappa shape index (κ2) is 1.94. The van der Waals surface area contributed by atoms with Crippen molar-refractivity contribution in [3.8, 4) is 0 Å². The highest BCUT2D eigenvalue weighted by atomic mass is 16.4. The largest absolute Gasteiger partial charge is 0.479 e. The summed E-state index contributed by atoms with van der Waals surface area (Å²) in [6.45, 7) is 1.12. The van der Waals surface area contributed by atoms with Crippen molar-refractivity contribution in [3.63, 3.8) is 0 Å². The number of urea groups is 1. The number of carboxylic acids is 1. The van der Waals surface area contributed by atoms with E-state index in [2.05, 4.69) is 0 Å². The van der Waals surface area contributed by atoms with E-state index in [0.717, 1.165) is 6.92 Å². The van der Waals surface area contributed by atoms with E-state index >= 15 is 0 Å². The first-order valence-corrected chi connectivity index (χ1v) is 2.84. The number of carbonyl (C=O) groups is 3. The zero-order chi connectivity index (χ0) is 8.65. The van der Waals surface area contributed by atoms with Crippen LogP contribution in [0, 0.1) is 0 Å². The highest BCUT2D eigenvalue weighted by Crippen LogP contribution is 2.08. The molecule has 6 nitrogen and oxygen atoms in total. The molecule has 3 N–H and O–H groups in total. The number of nitrogens with one attached hydrogen (secondary N) is 2. The molecule has 1 rings (SSSR count). The first kappa shape index (κ1) is 7.52. The third-order valence-electron chi connectivity index (χ3n) is 1.47. The van der Waals surface area contributed by atoms with Crippen molar-refractivity contribution in [2.45, 2.75) is 12.5 Å². The molecule has 0 aromatic carbocycles. The summed E-state index contributed by atoms with van der Waals surface area (Å²) < 4.78 is 0. The maximum absolute atomic E-state index is 10.8. The fraction of sp³-hybridized carbons (Fsp3) is 0.400. The van der Waals surface area contributed by atoms with Crippen LogP contribution in [0.4, 0.5) is 4.79 Å². The molecule has 0 spiro atoms. The quantitative estimate of drug-likeness (QED) is 0.325. The van der Waals surface area contributed by atoms with Crippen molar-refractivity contribution >= 4 is 17.9 Å². The average molecular weight is 158 g/mol. The van der Waals surface area contributed by atoms with Crippen molar-refractivity contribution < 1.29 is 19.5 Å². The molecule has 1 saturated heterocycles. The second-order valence-electron chi connectivity index (χ2n) is 2.34. The van der Waals surface area contributed by atoms with Gasteiger partial charge >= 0.3 is 12.0 Å². The van der Waals surface area contributed by atoms with E-state index in [1.807, 2.05) is 10.6 Å². The Morgan fingerprint density at radius 2 is 2.09 bits per heavy atom. The summed E-state index contributed by atoms with van der Waals surface area (Å²) >= 11 is 0. The fourth-order valence-electron chi connectivity index (χ4n) is 0.694. The predicted octanol–water partition coefficient (Wildman–Crippen LogP) is -1.33. The summed E-state index contributed by atoms with van der Waals surface area (Å²) in [5.74, 6) is -2.21. The van der Waals surface area contributed by atoms with Crippen molar-refractivity contribution in [1.82, 2.24) is 10.6 Å². The van der Waals surface area contributed by atoms with E-state index in [-0.39, 0.29) is 0 Å². The van der Waals surface area contributed by atoms with Crippen LogP contribution < -0.4 is 10.6 Å². The molecule has 0 saturated carbocycles. The molecule has 6 heteroatoms. The smallest absolute Gasteiger partial charge is 0.339 e. The molecule has 3 amide bonds. The van der Waals surface area contributed by atoms with Crippen LogP contribution in [0.5, 0.6) is 0 Å². The van der Waals surface area contributed by atoms with Crippen LogP contribution in [0.15, 0.2) is 0 Å². The molecule has 1 aliphatic rings. The van der Waals surface area contributed by atoms with Gasteiger partial charge in [0.15, 0.2) is 0 Å². The van der Waals surface area contributed by atoms with Crippen molar-refractivity contribution in [2.75, 3.05) is 0 Å². The minimum absolute atomic E-state index is 0.778. The van der Waals surface area contributed by atoms with Crippen LogP contribution in [-0.4, -0.2) is 28.6 Å². The maximum atomic E-state index is 10.8. The van der Waals surface area contributed by atoms with Crippen molar-refractivity contribution in [2.24, 2.45) is 0 Å². The van der Waals surface area contributed by atoms with Gasteiger partial charge in [-0.1, -0.05) is 0 Å². The number of hydrogen-bond donors (Lipinski definition) is 3. The summed E-state index contributed by atoms with van der Waals surface area (Å²) in [4.78, 5) is 31.6. The van der Waals surface area contributed by atoms with Crippen molar-refractivity contribution in [3.05, 3.63) is 0 Å². The number of aliphatic carboxylic acids is 1. The lowest BCUT2D eigenvalue weighted by molar-refractivity contribution is -0.147. The maximum Gasteiger partial charge on any atom is 0.339 e. The molecule has 1 heterocycles. The monoisotopic (exact) mass is 158 g/mol. The van der Waals surface area contributed by atoms with Gasteiger partial charge in [-0.3, -0.25) is 10.1 Å². The molecule has 1 unspecified atom stereocenters. The van der Waals surface area contributed by atoms with Crippen LogP contribution in [0.25, 0.3) is 0 Å². The highest BCUT2D eigenvalue weighted by Gasteiger charge is 2.48. The van der Waals surface area contributed by atoms with Gasteiger partial charge in [-0.25, -0.2) is 9.59 Å². The van der Waals surface area contributed by atoms with E-state index in [1.54, 1.807) is 0 Å². The third-order valence-corrected chi connectivity index (χ3v) is 1.47. The topological polar surface area (TPSA) is 95.5 Å². The third kappa shape index (κ3) is 0.917. The Hall–Kier alpha value is -1.59. The summed E-state index contributed by atoms with van der Waals surface area (Å²) in [7, 11) is 0. The van der Waals surface area contributed by atoms with Gasteiger partial charge in [0.25, 0.3) is 5.91 Å². The van der Waals surface area contributed by atoms with E-state index in [4.69, 9.17) is 5.11 Å². The first-order chi connectivity index (χ1) is 4.97. The van der Waals surface area contributed by atoms with E-state index < -0.39 is 23.4 Å². The Balaban J connectivity index is 2.96. The number of amides is 3. The number of imide groups is 1. The van der Waals surface area contributed by atoms with Crippen LogP contribution in [0.3, 0.4) is 0 Å². The number of carbonyl (C=O) groups excluding carboxylic acids is 2. The minimum atomic E-state index is -1.81. The van der Waals surface area contributed by atoms with Gasteiger partial charge in [0, 0.05) is 0 Å². The summed E-state index contributed by atoms with van der Waals surface area (Å²) in [5, 5.41) is 12.3. The first-order valence-electron chi connectivity index (χ1n) is 2.84. The zero-order valence-electron chi connectivity index (χ0n) is 5.67. The lowest BCUT2D eigenvalue weighted by Crippen LogP contribution is -2.50. The van der Waals surface area contributed by atoms with Crippen LogP contribution in [0.1, 0.15) is 6.92 Å². The summed E-state index contributed by atoms with van der Waals surface area (Å²) in [6.07, 6.45) is 0. The van der Waals surface area contributed by atoms with Gasteiger partial charge in [-0.15, -0.1) is 0 Å². The molecule has 0 aromatic rings. The Morgan fingerprint density at radius 1 is 1.55 bits per heavy atom. The molecule has 11 heavy (non-hydrogen) atoms. The fourth-order valence-corrected chi connectivity index (χ4v) is 0.694. The van der Waals surface area contributed by atoms with E-state index in [1.165, 1.54) is 0 Å². The second-order valence-corrected chi connectivity index (χ2v) is 2.34. The molecule has 60 valence electrons. The SMILES string of the molecule is CC1(C(=O)O)NC(=O)NC1=O. The van der Waals surface area contributed by atoms with E-state index in [0.29, 0.717) is 0 Å². The Bertz CT molecular complexity index is 249. The molecule has 1 fully saturated rings. The van der Waals surface area contributed by atoms with Gasteiger partial charge in [0.1, 0.15) is 0 Å². The highest BCUT2D eigenvalue weighted by molar-refractivity contribution is 6.18. The molecule has 1 aliphatic heterocycles. The molecule has 0 radical (unpaired) electrons. The molecule has 0 aromatic heterocycles. The number of rotatable bonds is 1. The molecule has 1 atom stereocenters. The van der Waals surface area contributed by atoms with Crippen LogP contribution in [-0.2, 0) is 9.59 Å². The Kier molecular flexibility index (Phi) is 1.33. The van der Waals surface area contributed by atoms with Gasteiger partial charge in [-0.05, 0) is 6.92 Å². The van der Waals surface area contributed by atoms with Gasteiger partial charge in [-0.2, -0.15) is 0 Å². The number of carboxylic acid groups (broad SMARTS) is 1. The van der Waals surface area contributed by atoms with Crippen LogP contribution >= 0.6 is 0 Å². The van der Waals surface area contributed by atoms with Crippen LogP contribution in [0.2, 0.25) is 0 Å². The Labute approximate surface area is 61.6 Å². The molecule has 0 bridgehead atoms. The van der Waals surface area contributed by atoms with E-state index in [9.17, 15) is 14.4 Å². The van der Waals surface area contributed by atoms with Gasteiger partial charge in [0.05, 0.1) is 0 Å². The molecule has 0 aliphatic carbocycles. The summed E-state index contributed by atoms with van der Waals surface area (Å²) in [6, 6.07) is -0.778. The molecular weight excluding hydrogens is 152 g/mol. The predicted molar refractivity (Wildman–Crippen MR) is 32.7 cm³/mol. The van der Waals surface area contributed by atoms with Gasteiger partial charge in [0.2, 0.25) is 5.54 Å². The van der Waals surface area contributed by atoms with Gasteiger partial charge < -0.3 is 10.4 Å². The van der Waals surface area contributed by atoms with Crippen molar-refractivity contribution in [1.29, 1.82) is 0 Å². The minimum Gasteiger partial charge on any atom is -0.479 e. The molecular formula is C5H6N2O4.